The van der Waals surface area contributed by atoms with E-state index in [-0.39, 0.29) is 29.9 Å². The number of ether oxygens (including phenoxy) is 5. The van der Waals surface area contributed by atoms with Crippen LogP contribution in [0, 0.1) is 0 Å². The van der Waals surface area contributed by atoms with Crippen LogP contribution in [0.3, 0.4) is 0 Å². The minimum atomic E-state index is -0.331. The Morgan fingerprint density at radius 1 is 1.05 bits per heavy atom. The molecule has 0 aliphatic carbocycles. The van der Waals surface area contributed by atoms with E-state index in [2.05, 4.69) is 20.5 Å². The summed E-state index contributed by atoms with van der Waals surface area (Å²) in [4.78, 5) is 35.6. The van der Waals surface area contributed by atoms with Gasteiger partial charge in [-0.3, -0.25) is 9.59 Å². The van der Waals surface area contributed by atoms with Crippen molar-refractivity contribution < 1.29 is 28.5 Å². The van der Waals surface area contributed by atoms with Crippen LogP contribution in [0.1, 0.15) is 19.8 Å². The minimum Gasteiger partial charge on any atom is -0.478 e. The Morgan fingerprint density at radius 2 is 1.75 bits per heavy atom. The number of hydrogen-bond acceptors (Lipinski definition) is 11. The lowest BCUT2D eigenvalue weighted by Gasteiger charge is -2.32. The highest BCUT2D eigenvalue weighted by Crippen LogP contribution is 2.28. The molecule has 13 nitrogen and oxygen atoms in total. The van der Waals surface area contributed by atoms with E-state index in [1.54, 1.807) is 19.3 Å². The number of rotatable bonds is 17. The first kappa shape index (κ1) is 33.4. The minimum absolute atomic E-state index is 0.0849. The van der Waals surface area contributed by atoms with Crippen molar-refractivity contribution in [1.29, 1.82) is 0 Å². The molecule has 0 atom stereocenters. The zero-order valence-corrected chi connectivity index (χ0v) is 26.2. The molecule has 0 unspecified atom stereocenters. The molecule has 14 heteroatoms. The average Bonchev–Trinajstić information content (AvgIpc) is 3.04. The summed E-state index contributed by atoms with van der Waals surface area (Å²) < 4.78 is 29.2. The fourth-order valence-corrected chi connectivity index (χ4v) is 4.80. The summed E-state index contributed by atoms with van der Waals surface area (Å²) in [6.45, 7) is 7.23. The number of halogens is 1. The molecule has 1 saturated heterocycles. The fraction of sp³-hybridized carbons (Fsp3) is 0.533. The Bertz CT molecular complexity index is 1430. The maximum Gasteiger partial charge on any atom is 0.293 e. The molecule has 0 radical (unpaired) electrons. The normalized spacial score (nSPS) is 13.8. The van der Waals surface area contributed by atoms with Gasteiger partial charge in [0.05, 0.1) is 57.5 Å². The number of anilines is 3. The van der Waals surface area contributed by atoms with Crippen molar-refractivity contribution in [3.63, 3.8) is 0 Å². The van der Waals surface area contributed by atoms with E-state index < -0.39 is 0 Å². The molecule has 1 aliphatic rings. The molecule has 2 aromatic heterocycles. The van der Waals surface area contributed by atoms with Crippen molar-refractivity contribution in [2.24, 2.45) is 7.05 Å². The van der Waals surface area contributed by atoms with Crippen molar-refractivity contribution in [3.05, 3.63) is 45.8 Å². The van der Waals surface area contributed by atoms with Gasteiger partial charge in [-0.25, -0.2) is 4.98 Å². The van der Waals surface area contributed by atoms with Gasteiger partial charge in [-0.2, -0.15) is 4.98 Å². The van der Waals surface area contributed by atoms with Crippen molar-refractivity contribution >= 4 is 45.9 Å². The second-order valence-corrected chi connectivity index (χ2v) is 10.5. The molecule has 2 N–H and O–H groups in total. The number of carbonyl (C=O) groups is 1. The average molecular weight is 633 g/mol. The monoisotopic (exact) mass is 632 g/mol. The molecule has 4 rings (SSSR count). The van der Waals surface area contributed by atoms with Crippen molar-refractivity contribution in [3.8, 4) is 5.75 Å². The van der Waals surface area contributed by atoms with E-state index in [9.17, 15) is 9.59 Å². The Kier molecular flexibility index (Phi) is 13.0. The SMILES string of the molecule is CCOCCOCCOCCOC1CCN(c2ncc(Cl)c(Nc3ccc4c(c3)cc(OCC(=O)NC)c(=O)n4C)n2)CC1. The Hall–Kier alpha value is -3.49. The molecule has 0 spiro atoms. The van der Waals surface area contributed by atoms with E-state index >= 15 is 0 Å². The quantitative estimate of drug-likeness (QED) is 0.212. The molecule has 3 heterocycles. The van der Waals surface area contributed by atoms with E-state index in [0.717, 1.165) is 31.3 Å². The second kappa shape index (κ2) is 17.1. The summed E-state index contributed by atoms with van der Waals surface area (Å²) >= 11 is 6.46. The number of nitrogens with one attached hydrogen (secondary N) is 2. The molecule has 1 fully saturated rings. The van der Waals surface area contributed by atoms with Crippen LogP contribution in [0.15, 0.2) is 35.3 Å². The highest BCUT2D eigenvalue weighted by atomic mass is 35.5. The van der Waals surface area contributed by atoms with Gasteiger partial charge in [0, 0.05) is 44.9 Å². The van der Waals surface area contributed by atoms with Crippen LogP contribution in [0.25, 0.3) is 10.9 Å². The molecule has 1 amide bonds. The lowest BCUT2D eigenvalue weighted by molar-refractivity contribution is -0.122. The molecular weight excluding hydrogens is 592 g/mol. The molecular formula is C30H41ClN6O7. The van der Waals surface area contributed by atoms with Gasteiger partial charge in [0.25, 0.3) is 11.5 Å². The van der Waals surface area contributed by atoms with Gasteiger partial charge in [-0.15, -0.1) is 0 Å². The highest BCUT2D eigenvalue weighted by Gasteiger charge is 2.22. The summed E-state index contributed by atoms with van der Waals surface area (Å²) in [6, 6.07) is 7.15. The maximum absolute atomic E-state index is 12.7. The number of nitrogens with zero attached hydrogens (tertiary/aromatic N) is 4. The molecule has 1 aromatic carbocycles. The number of hydrogen-bond donors (Lipinski definition) is 2. The van der Waals surface area contributed by atoms with Gasteiger partial charge >= 0.3 is 0 Å². The largest absolute Gasteiger partial charge is 0.478 e. The van der Waals surface area contributed by atoms with Crippen LogP contribution >= 0.6 is 11.6 Å². The summed E-state index contributed by atoms with van der Waals surface area (Å²) in [5.74, 6) is 0.803. The first-order valence-electron chi connectivity index (χ1n) is 14.8. The van der Waals surface area contributed by atoms with Crippen LogP contribution in [0.4, 0.5) is 17.5 Å². The molecule has 3 aromatic rings. The van der Waals surface area contributed by atoms with Crippen molar-refractivity contribution in [2.45, 2.75) is 25.9 Å². The summed E-state index contributed by atoms with van der Waals surface area (Å²) in [7, 11) is 3.16. The lowest BCUT2D eigenvalue weighted by Crippen LogP contribution is -2.38. The third kappa shape index (κ3) is 9.50. The first-order chi connectivity index (χ1) is 21.4. The van der Waals surface area contributed by atoms with Crippen LogP contribution in [-0.4, -0.2) is 99.5 Å². The third-order valence-corrected chi connectivity index (χ3v) is 7.35. The van der Waals surface area contributed by atoms with Crippen LogP contribution < -0.4 is 25.8 Å². The van der Waals surface area contributed by atoms with Gasteiger partial charge in [0.15, 0.2) is 18.2 Å². The number of aryl methyl sites for hydroxylation is 1. The highest BCUT2D eigenvalue weighted by molar-refractivity contribution is 6.32. The first-order valence-corrected chi connectivity index (χ1v) is 15.1. The lowest BCUT2D eigenvalue weighted by atomic mass is 10.1. The predicted octanol–water partition coefficient (Wildman–Crippen LogP) is 2.91. The number of carbonyl (C=O) groups excluding carboxylic acids is 1. The van der Waals surface area contributed by atoms with E-state index in [4.69, 9.17) is 40.3 Å². The van der Waals surface area contributed by atoms with Gasteiger partial charge in [-0.05, 0) is 44.0 Å². The smallest absolute Gasteiger partial charge is 0.293 e. The standard InChI is InChI=1S/C30H41ClN6O7/c1-4-40-11-12-41-13-14-42-15-16-43-23-7-9-37(10-8-23)30-33-19-24(31)28(35-30)34-22-5-6-25-21(17-22)18-26(29(39)36(25)3)44-20-27(38)32-2/h5-6,17-19,23H,4,7-16,20H2,1-3H3,(H,32,38)(H,33,34,35). The Balaban J connectivity index is 1.28. The number of benzene rings is 1. The van der Waals surface area contributed by atoms with E-state index in [0.29, 0.717) is 74.2 Å². The number of likely N-dealkylation sites (N-methyl/N-ethyl adjacent to an activating group) is 1. The summed E-state index contributed by atoms with van der Waals surface area (Å²) in [5.41, 5.74) is 1.09. The Labute approximate surface area is 261 Å². The molecule has 240 valence electrons. The molecule has 0 bridgehead atoms. The van der Waals surface area contributed by atoms with Crippen molar-refractivity contribution in [1.82, 2.24) is 19.9 Å². The molecule has 1 aliphatic heterocycles. The van der Waals surface area contributed by atoms with E-state index in [1.807, 2.05) is 25.1 Å². The summed E-state index contributed by atoms with van der Waals surface area (Å²) in [5, 5.41) is 6.86. The van der Waals surface area contributed by atoms with Gasteiger partial charge in [0.2, 0.25) is 5.95 Å². The molecule has 0 saturated carbocycles. The zero-order chi connectivity index (χ0) is 31.3. The number of aromatic nitrogens is 3. The maximum atomic E-state index is 12.7. The number of fused-ring (bicyclic) bond motifs is 1. The topological polar surface area (TPSA) is 138 Å². The number of pyridine rings is 1. The number of piperidine rings is 1. The van der Waals surface area contributed by atoms with Gasteiger partial charge in [0.1, 0.15) is 5.02 Å². The van der Waals surface area contributed by atoms with Gasteiger partial charge in [-0.1, -0.05) is 11.6 Å². The fourth-order valence-electron chi connectivity index (χ4n) is 4.66. The van der Waals surface area contributed by atoms with Crippen LogP contribution in [0.2, 0.25) is 5.02 Å². The zero-order valence-electron chi connectivity index (χ0n) is 25.5. The molecule has 44 heavy (non-hydrogen) atoms. The third-order valence-electron chi connectivity index (χ3n) is 7.08. The van der Waals surface area contributed by atoms with Crippen LogP contribution in [0.5, 0.6) is 5.75 Å². The second-order valence-electron chi connectivity index (χ2n) is 10.1. The van der Waals surface area contributed by atoms with Crippen LogP contribution in [-0.2, 0) is 30.8 Å². The Morgan fingerprint density at radius 3 is 2.45 bits per heavy atom. The van der Waals surface area contributed by atoms with Gasteiger partial charge < -0.3 is 43.8 Å². The van der Waals surface area contributed by atoms with Crippen molar-refractivity contribution in [2.75, 3.05) is 83.2 Å². The predicted molar refractivity (Wildman–Crippen MR) is 168 cm³/mol. The van der Waals surface area contributed by atoms with E-state index in [1.165, 1.54) is 11.6 Å². The number of amides is 1. The summed E-state index contributed by atoms with van der Waals surface area (Å²) in [6.07, 6.45) is 3.44.